The molecule has 0 aliphatic carbocycles. The first-order valence-corrected chi connectivity index (χ1v) is 10.8. The molecule has 160 valence electrons. The normalized spacial score (nSPS) is 16.2. The van der Waals surface area contributed by atoms with Gasteiger partial charge in [-0.15, -0.1) is 0 Å². The minimum absolute atomic E-state index is 0.0515. The Morgan fingerprint density at radius 1 is 0.903 bits per heavy atom. The Morgan fingerprint density at radius 3 is 2.42 bits per heavy atom. The van der Waals surface area contributed by atoms with E-state index in [4.69, 9.17) is 4.42 Å². The monoisotopic (exact) mass is 418 g/mol. The van der Waals surface area contributed by atoms with Gasteiger partial charge in [-0.2, -0.15) is 0 Å². The molecule has 0 bridgehead atoms. The number of amides is 2. The molecular weight excluding hydrogens is 390 g/mol. The topological polar surface area (TPSA) is 75.8 Å². The minimum atomic E-state index is -0.610. The van der Waals surface area contributed by atoms with Crippen molar-refractivity contribution in [1.29, 1.82) is 0 Å². The maximum Gasteiger partial charge on any atom is 0.309 e. The molecule has 0 saturated heterocycles. The van der Waals surface area contributed by atoms with Crippen LogP contribution in [0.25, 0.3) is 0 Å². The number of carbonyl (C=O) groups excluding carboxylic acids is 2. The number of benzene rings is 2. The van der Waals surface area contributed by atoms with Gasteiger partial charge < -0.3 is 20.0 Å². The first-order chi connectivity index (χ1) is 15.2. The van der Waals surface area contributed by atoms with Crippen LogP contribution in [-0.4, -0.2) is 31.4 Å². The molecule has 0 radical (unpaired) electrons. The summed E-state index contributed by atoms with van der Waals surface area (Å²) < 4.78 is 5.67. The summed E-state index contributed by atoms with van der Waals surface area (Å²) in [6.45, 7) is 2.57. The van der Waals surface area contributed by atoms with Gasteiger partial charge in [0.1, 0.15) is 6.54 Å². The van der Waals surface area contributed by atoms with Crippen LogP contribution in [-0.2, 0) is 29.0 Å². The molecule has 2 amide bonds. The third kappa shape index (κ3) is 5.41. The van der Waals surface area contributed by atoms with Crippen LogP contribution in [0.3, 0.4) is 0 Å². The molecule has 4 rings (SSSR count). The van der Waals surface area contributed by atoms with Gasteiger partial charge in [0.2, 0.25) is 0 Å². The number of nitrogens with one attached hydrogen (secondary N) is 3. The van der Waals surface area contributed by atoms with Gasteiger partial charge in [0.05, 0.1) is 19.4 Å². The van der Waals surface area contributed by atoms with Crippen LogP contribution >= 0.6 is 0 Å². The number of furan rings is 1. The van der Waals surface area contributed by atoms with Crippen molar-refractivity contribution in [2.45, 2.75) is 25.4 Å². The van der Waals surface area contributed by atoms with E-state index >= 15 is 0 Å². The van der Waals surface area contributed by atoms with E-state index in [2.05, 4.69) is 34.9 Å². The zero-order valence-electron chi connectivity index (χ0n) is 17.5. The van der Waals surface area contributed by atoms with Gasteiger partial charge in [-0.25, -0.2) is 0 Å². The highest BCUT2D eigenvalue weighted by molar-refractivity contribution is 6.35. The standard InChI is InChI=1S/C25H27N3O3/c29-24(26-14-12-19-7-2-1-3-8-19)25(30)27-17-22(23-11-6-16-31-23)28-15-13-20-9-4-5-10-21(20)18-28/h1-11,16,22H,12-15,17-18H2,(H,26,29)(H,27,30)/p+1/t22-/m1/s1. The van der Waals surface area contributed by atoms with Gasteiger partial charge in [0.25, 0.3) is 0 Å². The summed E-state index contributed by atoms with van der Waals surface area (Å²) in [4.78, 5) is 25.9. The first kappa shape index (κ1) is 20.9. The lowest BCUT2D eigenvalue weighted by atomic mass is 9.98. The molecule has 6 nitrogen and oxygen atoms in total. The molecule has 0 fully saturated rings. The quantitative estimate of drug-likeness (QED) is 0.508. The fourth-order valence-corrected chi connectivity index (χ4v) is 4.16. The number of quaternary nitrogens is 1. The van der Waals surface area contributed by atoms with Crippen molar-refractivity contribution in [2.75, 3.05) is 19.6 Å². The van der Waals surface area contributed by atoms with Crippen LogP contribution in [0, 0.1) is 0 Å². The third-order valence-corrected chi connectivity index (χ3v) is 5.85. The van der Waals surface area contributed by atoms with Gasteiger partial charge in [-0.1, -0.05) is 54.6 Å². The average Bonchev–Trinajstić information content (AvgIpc) is 3.34. The zero-order chi connectivity index (χ0) is 21.5. The molecule has 6 heteroatoms. The number of hydrogen-bond donors (Lipinski definition) is 3. The highest BCUT2D eigenvalue weighted by atomic mass is 16.3. The Morgan fingerprint density at radius 2 is 1.65 bits per heavy atom. The fourth-order valence-electron chi connectivity index (χ4n) is 4.16. The molecule has 1 aliphatic heterocycles. The highest BCUT2D eigenvalue weighted by Gasteiger charge is 2.31. The van der Waals surface area contributed by atoms with E-state index < -0.39 is 11.8 Å². The second kappa shape index (κ2) is 10.1. The number of carbonyl (C=O) groups is 2. The predicted molar refractivity (Wildman–Crippen MR) is 117 cm³/mol. The molecule has 1 aromatic heterocycles. The summed E-state index contributed by atoms with van der Waals surface area (Å²) in [6.07, 6.45) is 3.32. The lowest BCUT2D eigenvalue weighted by Crippen LogP contribution is -3.12. The van der Waals surface area contributed by atoms with Crippen molar-refractivity contribution in [2.24, 2.45) is 0 Å². The van der Waals surface area contributed by atoms with Crippen molar-refractivity contribution < 1.29 is 18.9 Å². The summed E-state index contributed by atoms with van der Waals surface area (Å²) in [5, 5.41) is 5.51. The van der Waals surface area contributed by atoms with Crippen molar-refractivity contribution in [3.8, 4) is 0 Å². The van der Waals surface area contributed by atoms with Crippen molar-refractivity contribution in [1.82, 2.24) is 10.6 Å². The Bertz CT molecular complexity index is 1000. The molecule has 3 N–H and O–H groups in total. The van der Waals surface area contributed by atoms with Gasteiger partial charge in [0, 0.05) is 18.5 Å². The van der Waals surface area contributed by atoms with E-state index in [9.17, 15) is 9.59 Å². The van der Waals surface area contributed by atoms with Gasteiger partial charge in [-0.3, -0.25) is 9.59 Å². The Balaban J connectivity index is 1.32. The Labute approximate surface area is 182 Å². The van der Waals surface area contributed by atoms with Crippen LogP contribution in [0.1, 0.15) is 28.5 Å². The van der Waals surface area contributed by atoms with Crippen LogP contribution in [0.4, 0.5) is 0 Å². The molecule has 2 heterocycles. The molecular formula is C25H28N3O3+. The van der Waals surface area contributed by atoms with Crippen LogP contribution in [0.2, 0.25) is 0 Å². The van der Waals surface area contributed by atoms with E-state index in [1.54, 1.807) is 6.26 Å². The lowest BCUT2D eigenvalue weighted by molar-refractivity contribution is -0.946. The van der Waals surface area contributed by atoms with Crippen molar-refractivity contribution in [3.05, 3.63) is 95.4 Å². The van der Waals surface area contributed by atoms with E-state index in [1.807, 2.05) is 42.5 Å². The summed E-state index contributed by atoms with van der Waals surface area (Å²) in [7, 11) is 0. The number of hydrogen-bond acceptors (Lipinski definition) is 3. The SMILES string of the molecule is O=C(NCCc1ccccc1)C(=O)NC[C@H](c1ccco1)[NH+]1CCc2ccccc2C1. The fraction of sp³-hybridized carbons (Fsp3) is 0.280. The Hall–Kier alpha value is -3.38. The van der Waals surface area contributed by atoms with Crippen molar-refractivity contribution in [3.63, 3.8) is 0 Å². The van der Waals surface area contributed by atoms with Gasteiger partial charge >= 0.3 is 11.8 Å². The van der Waals surface area contributed by atoms with E-state index in [-0.39, 0.29) is 6.04 Å². The van der Waals surface area contributed by atoms with Crippen LogP contribution in [0.15, 0.2) is 77.4 Å². The second-order valence-corrected chi connectivity index (χ2v) is 7.87. The van der Waals surface area contributed by atoms with Gasteiger partial charge in [0.15, 0.2) is 11.8 Å². The van der Waals surface area contributed by atoms with Crippen LogP contribution in [0.5, 0.6) is 0 Å². The molecule has 1 aliphatic rings. The maximum atomic E-state index is 12.4. The first-order valence-electron chi connectivity index (χ1n) is 10.8. The molecule has 0 spiro atoms. The highest BCUT2D eigenvalue weighted by Crippen LogP contribution is 2.15. The summed E-state index contributed by atoms with van der Waals surface area (Å²) in [5.41, 5.74) is 3.83. The Kier molecular flexibility index (Phi) is 6.79. The predicted octanol–water partition coefficient (Wildman–Crippen LogP) is 1.44. The summed E-state index contributed by atoms with van der Waals surface area (Å²) in [6, 6.07) is 22.1. The molecule has 31 heavy (non-hydrogen) atoms. The largest absolute Gasteiger partial charge is 0.463 e. The summed E-state index contributed by atoms with van der Waals surface area (Å²) >= 11 is 0. The third-order valence-electron chi connectivity index (χ3n) is 5.85. The second-order valence-electron chi connectivity index (χ2n) is 7.87. The molecule has 2 atom stereocenters. The van der Waals surface area contributed by atoms with E-state index in [0.29, 0.717) is 19.5 Å². The average molecular weight is 419 g/mol. The molecule has 1 unspecified atom stereocenters. The molecule has 3 aromatic rings. The number of fused-ring (bicyclic) bond motifs is 1. The lowest BCUT2D eigenvalue weighted by Gasteiger charge is -2.31. The minimum Gasteiger partial charge on any atom is -0.463 e. The molecule has 2 aromatic carbocycles. The van der Waals surface area contributed by atoms with Gasteiger partial charge in [-0.05, 0) is 29.7 Å². The maximum absolute atomic E-state index is 12.4. The van der Waals surface area contributed by atoms with E-state index in [0.717, 1.165) is 30.8 Å². The molecule has 0 saturated carbocycles. The number of rotatable bonds is 7. The zero-order valence-corrected chi connectivity index (χ0v) is 17.5. The van der Waals surface area contributed by atoms with Crippen LogP contribution < -0.4 is 15.5 Å². The van der Waals surface area contributed by atoms with E-state index in [1.165, 1.54) is 16.0 Å². The summed E-state index contributed by atoms with van der Waals surface area (Å²) in [5.74, 6) is -0.395. The van der Waals surface area contributed by atoms with Crippen molar-refractivity contribution >= 4 is 11.8 Å². The smallest absolute Gasteiger partial charge is 0.309 e.